The lowest BCUT2D eigenvalue weighted by atomic mass is 10.4. The van der Waals surface area contributed by atoms with Crippen LogP contribution in [0.2, 0.25) is 0 Å². The third-order valence-corrected chi connectivity index (χ3v) is 9.10. The number of aryl methyl sites for hydroxylation is 1. The second-order valence-electron chi connectivity index (χ2n) is 5.17. The van der Waals surface area contributed by atoms with Gasteiger partial charge in [-0.1, -0.05) is 6.92 Å². The van der Waals surface area contributed by atoms with Crippen LogP contribution in [-0.2, 0) is 26.7 Å². The molecule has 22 heavy (non-hydrogen) atoms. The quantitative estimate of drug-likeness (QED) is 0.756. The lowest BCUT2D eigenvalue weighted by Gasteiger charge is -2.34. The van der Waals surface area contributed by atoms with Crippen molar-refractivity contribution in [2.75, 3.05) is 40.3 Å². The normalized spacial score (nSPS) is 18.9. The highest BCUT2D eigenvalue weighted by atomic mass is 32.2. The van der Waals surface area contributed by atoms with Gasteiger partial charge in [0.05, 0.1) is 0 Å². The van der Waals surface area contributed by atoms with E-state index in [1.165, 1.54) is 34.0 Å². The largest absolute Gasteiger partial charge is 0.281 e. The van der Waals surface area contributed by atoms with E-state index in [2.05, 4.69) is 0 Å². The third-order valence-electron chi connectivity index (χ3n) is 3.56. The Bertz CT molecular complexity index is 717. The van der Waals surface area contributed by atoms with Crippen LogP contribution in [0.15, 0.2) is 16.3 Å². The van der Waals surface area contributed by atoms with Gasteiger partial charge in [-0.3, -0.25) is 0 Å². The molecule has 0 amide bonds. The zero-order valence-corrected chi connectivity index (χ0v) is 15.3. The molecule has 7 nitrogen and oxygen atoms in total. The fourth-order valence-corrected chi connectivity index (χ4v) is 6.14. The predicted molar refractivity (Wildman–Crippen MR) is 86.6 cm³/mol. The van der Waals surface area contributed by atoms with Crippen molar-refractivity contribution in [1.82, 2.24) is 12.9 Å². The van der Waals surface area contributed by atoms with Gasteiger partial charge in [0, 0.05) is 45.2 Å². The molecular formula is C12H21N3O4S3. The molecule has 0 radical (unpaired) electrons. The summed E-state index contributed by atoms with van der Waals surface area (Å²) in [6.07, 6.45) is 0.801. The molecule has 1 aliphatic heterocycles. The van der Waals surface area contributed by atoms with Crippen LogP contribution >= 0.6 is 11.3 Å². The Morgan fingerprint density at radius 3 is 2.05 bits per heavy atom. The van der Waals surface area contributed by atoms with Crippen LogP contribution in [-0.4, -0.2) is 70.0 Å². The molecule has 1 aromatic heterocycles. The van der Waals surface area contributed by atoms with Gasteiger partial charge in [-0.25, -0.2) is 8.42 Å². The van der Waals surface area contributed by atoms with Gasteiger partial charge in [0.1, 0.15) is 4.21 Å². The summed E-state index contributed by atoms with van der Waals surface area (Å²) in [5.41, 5.74) is 0. The predicted octanol–water partition coefficient (Wildman–Crippen LogP) is 0.423. The average molecular weight is 368 g/mol. The molecule has 0 N–H and O–H groups in total. The van der Waals surface area contributed by atoms with Crippen molar-refractivity contribution in [2.45, 2.75) is 17.6 Å². The van der Waals surface area contributed by atoms with Crippen LogP contribution in [0.5, 0.6) is 0 Å². The van der Waals surface area contributed by atoms with Gasteiger partial charge in [0.15, 0.2) is 0 Å². The maximum Gasteiger partial charge on any atom is 0.281 e. The second kappa shape index (κ2) is 6.54. The fraction of sp³-hybridized carbons (Fsp3) is 0.667. The van der Waals surface area contributed by atoms with E-state index < -0.39 is 20.2 Å². The molecule has 0 aliphatic carbocycles. The number of thiophene rings is 1. The van der Waals surface area contributed by atoms with Crippen molar-refractivity contribution in [3.8, 4) is 0 Å². The molecule has 126 valence electrons. The first kappa shape index (κ1) is 17.8. The monoisotopic (exact) mass is 367 g/mol. The van der Waals surface area contributed by atoms with Crippen molar-refractivity contribution < 1.29 is 16.8 Å². The third kappa shape index (κ3) is 3.36. The highest BCUT2D eigenvalue weighted by Crippen LogP contribution is 2.26. The molecule has 1 aliphatic rings. The molecule has 0 aromatic carbocycles. The van der Waals surface area contributed by atoms with E-state index in [-0.39, 0.29) is 26.2 Å². The molecule has 1 saturated heterocycles. The molecule has 1 aromatic rings. The van der Waals surface area contributed by atoms with E-state index in [4.69, 9.17) is 0 Å². The van der Waals surface area contributed by atoms with Crippen molar-refractivity contribution in [3.63, 3.8) is 0 Å². The fourth-order valence-electron chi connectivity index (χ4n) is 2.19. The van der Waals surface area contributed by atoms with Crippen molar-refractivity contribution in [3.05, 3.63) is 17.0 Å². The maximum atomic E-state index is 12.6. The molecule has 0 atom stereocenters. The Balaban J connectivity index is 2.11. The number of rotatable bonds is 5. The zero-order chi connectivity index (χ0) is 16.5. The molecule has 0 spiro atoms. The average Bonchev–Trinajstić information content (AvgIpc) is 2.97. The Kier molecular flexibility index (Phi) is 5.30. The molecular weight excluding hydrogens is 346 g/mol. The highest BCUT2D eigenvalue weighted by Gasteiger charge is 2.34. The Morgan fingerprint density at radius 1 is 1.05 bits per heavy atom. The van der Waals surface area contributed by atoms with Crippen molar-refractivity contribution >= 4 is 31.6 Å². The number of sulfonamides is 1. The minimum absolute atomic E-state index is 0.172. The molecule has 1 fully saturated rings. The minimum atomic E-state index is -3.52. The summed E-state index contributed by atoms with van der Waals surface area (Å²) >= 11 is 1.27. The van der Waals surface area contributed by atoms with Crippen LogP contribution < -0.4 is 0 Å². The number of nitrogens with zero attached hydrogens (tertiary/aromatic N) is 3. The number of hydrogen-bond acceptors (Lipinski definition) is 5. The molecule has 0 unspecified atom stereocenters. The van der Waals surface area contributed by atoms with Crippen LogP contribution in [0, 0.1) is 0 Å². The molecule has 0 saturated carbocycles. The summed E-state index contributed by atoms with van der Waals surface area (Å²) in [5, 5.41) is 0. The zero-order valence-electron chi connectivity index (χ0n) is 12.9. The van der Waals surface area contributed by atoms with E-state index in [1.54, 1.807) is 6.07 Å². The summed E-state index contributed by atoms with van der Waals surface area (Å²) in [6.45, 7) is 2.67. The Labute approximate surface area is 136 Å². The summed E-state index contributed by atoms with van der Waals surface area (Å²) in [7, 11) is -4.07. The summed E-state index contributed by atoms with van der Waals surface area (Å²) in [6, 6.07) is 3.45. The van der Waals surface area contributed by atoms with Crippen molar-refractivity contribution in [2.24, 2.45) is 0 Å². The van der Waals surface area contributed by atoms with Crippen molar-refractivity contribution in [1.29, 1.82) is 0 Å². The van der Waals surface area contributed by atoms with Gasteiger partial charge in [0.2, 0.25) is 0 Å². The van der Waals surface area contributed by atoms with Crippen LogP contribution in [0.4, 0.5) is 0 Å². The Hall–Kier alpha value is -0.520. The van der Waals surface area contributed by atoms with E-state index in [1.807, 2.05) is 13.0 Å². The van der Waals surface area contributed by atoms with Crippen LogP contribution in [0.3, 0.4) is 0 Å². The van der Waals surface area contributed by atoms with Gasteiger partial charge in [-0.2, -0.15) is 21.3 Å². The van der Waals surface area contributed by atoms with Gasteiger partial charge in [-0.05, 0) is 18.6 Å². The first-order valence-corrected chi connectivity index (χ1v) is 10.6. The van der Waals surface area contributed by atoms with E-state index in [0.717, 1.165) is 15.6 Å². The highest BCUT2D eigenvalue weighted by molar-refractivity contribution is 7.91. The first-order chi connectivity index (χ1) is 10.2. The minimum Gasteiger partial charge on any atom is -0.206 e. The first-order valence-electron chi connectivity index (χ1n) is 6.96. The number of piperazine rings is 1. The lowest BCUT2D eigenvalue weighted by molar-refractivity contribution is 0.263. The van der Waals surface area contributed by atoms with Gasteiger partial charge in [-0.15, -0.1) is 11.3 Å². The standard InChI is InChI=1S/C12H21N3O4S3/c1-4-11-5-6-12(20-11)21(16,17)14-7-9-15(10-8-14)22(18,19)13(2)3/h5-6H,4,7-10H2,1-3H3. The Morgan fingerprint density at radius 2 is 1.59 bits per heavy atom. The molecule has 0 bridgehead atoms. The molecule has 2 rings (SSSR count). The SMILES string of the molecule is CCc1ccc(S(=O)(=O)N2CCN(S(=O)(=O)N(C)C)CC2)s1. The number of hydrogen-bond donors (Lipinski definition) is 0. The van der Waals surface area contributed by atoms with E-state index in [9.17, 15) is 16.8 Å². The van der Waals surface area contributed by atoms with E-state index >= 15 is 0 Å². The van der Waals surface area contributed by atoms with Gasteiger partial charge >= 0.3 is 0 Å². The summed E-state index contributed by atoms with van der Waals surface area (Å²) < 4.78 is 53.4. The summed E-state index contributed by atoms with van der Waals surface area (Å²) in [4.78, 5) is 1.02. The maximum absolute atomic E-state index is 12.6. The van der Waals surface area contributed by atoms with Crippen LogP contribution in [0.1, 0.15) is 11.8 Å². The van der Waals surface area contributed by atoms with E-state index in [0.29, 0.717) is 4.21 Å². The smallest absolute Gasteiger partial charge is 0.206 e. The van der Waals surface area contributed by atoms with Gasteiger partial charge in [0.25, 0.3) is 20.2 Å². The van der Waals surface area contributed by atoms with Crippen LogP contribution in [0.25, 0.3) is 0 Å². The van der Waals surface area contributed by atoms with Gasteiger partial charge < -0.3 is 0 Å². The lowest BCUT2D eigenvalue weighted by Crippen LogP contribution is -2.52. The second-order valence-corrected chi connectivity index (χ2v) is 10.6. The summed E-state index contributed by atoms with van der Waals surface area (Å²) in [5.74, 6) is 0. The molecule has 10 heteroatoms. The molecule has 2 heterocycles. The topological polar surface area (TPSA) is 78.0 Å².